The predicted molar refractivity (Wildman–Crippen MR) is 70.3 cm³/mol. The molecule has 0 saturated heterocycles. The number of aromatic carboxylic acids is 1. The third kappa shape index (κ3) is 3.13. The average Bonchev–Trinajstić information content (AvgIpc) is 2.46. The number of aliphatic hydroxyl groups is 1. The minimum absolute atomic E-state index is 0.231. The van der Waals surface area contributed by atoms with Gasteiger partial charge in [-0.25, -0.2) is 9.18 Å². The van der Waals surface area contributed by atoms with Crippen LogP contribution in [0.15, 0.2) is 48.5 Å². The van der Waals surface area contributed by atoms with Crippen LogP contribution in [0.5, 0.6) is 5.75 Å². The van der Waals surface area contributed by atoms with Crippen molar-refractivity contribution in [2.24, 2.45) is 0 Å². The van der Waals surface area contributed by atoms with Gasteiger partial charge in [-0.1, -0.05) is 36.4 Å². The Hall–Kier alpha value is -2.40. The first-order valence-electron chi connectivity index (χ1n) is 5.97. The van der Waals surface area contributed by atoms with E-state index in [1.807, 2.05) is 0 Å². The second-order valence-electron chi connectivity index (χ2n) is 4.16. The number of aliphatic hydroxyl groups excluding tert-OH is 1. The van der Waals surface area contributed by atoms with E-state index in [2.05, 4.69) is 0 Å². The zero-order valence-corrected chi connectivity index (χ0v) is 10.5. The van der Waals surface area contributed by atoms with Gasteiger partial charge in [0.25, 0.3) is 0 Å². The van der Waals surface area contributed by atoms with Crippen molar-refractivity contribution in [2.75, 3.05) is 6.61 Å². The van der Waals surface area contributed by atoms with Crippen LogP contribution in [-0.2, 0) is 0 Å². The molecule has 5 heteroatoms. The standard InChI is InChI=1S/C15H13FO4/c16-12-8-4-7-11(15(18)19)14(12)20-9-13(17)10-5-2-1-3-6-10/h1-8,13,17H,9H2,(H,18,19). The number of hydrogen-bond acceptors (Lipinski definition) is 3. The van der Waals surface area contributed by atoms with Gasteiger partial charge in [0.2, 0.25) is 0 Å². The van der Waals surface area contributed by atoms with Crippen molar-refractivity contribution in [3.05, 3.63) is 65.5 Å². The lowest BCUT2D eigenvalue weighted by atomic mass is 10.1. The van der Waals surface area contributed by atoms with Crippen LogP contribution in [-0.4, -0.2) is 22.8 Å². The molecule has 0 fully saturated rings. The smallest absolute Gasteiger partial charge is 0.339 e. The van der Waals surface area contributed by atoms with Gasteiger partial charge in [-0.15, -0.1) is 0 Å². The molecular weight excluding hydrogens is 263 g/mol. The Balaban J connectivity index is 2.13. The van der Waals surface area contributed by atoms with Gasteiger partial charge < -0.3 is 14.9 Å². The fraction of sp³-hybridized carbons (Fsp3) is 0.133. The molecule has 0 aliphatic carbocycles. The third-order valence-corrected chi connectivity index (χ3v) is 2.77. The zero-order valence-electron chi connectivity index (χ0n) is 10.5. The number of hydrogen-bond donors (Lipinski definition) is 2. The Morgan fingerprint density at radius 1 is 1.15 bits per heavy atom. The van der Waals surface area contributed by atoms with E-state index in [1.54, 1.807) is 30.3 Å². The van der Waals surface area contributed by atoms with Gasteiger partial charge in [0.15, 0.2) is 11.6 Å². The number of carboxylic acid groups (broad SMARTS) is 1. The van der Waals surface area contributed by atoms with E-state index in [4.69, 9.17) is 9.84 Å². The topological polar surface area (TPSA) is 66.8 Å². The van der Waals surface area contributed by atoms with E-state index in [0.717, 1.165) is 6.07 Å². The largest absolute Gasteiger partial charge is 0.487 e. The van der Waals surface area contributed by atoms with Crippen LogP contribution in [0.2, 0.25) is 0 Å². The first-order chi connectivity index (χ1) is 9.59. The van der Waals surface area contributed by atoms with Gasteiger partial charge in [0, 0.05) is 0 Å². The Bertz CT molecular complexity index is 598. The molecule has 0 heterocycles. The number of halogens is 1. The van der Waals surface area contributed by atoms with Crippen LogP contribution in [0, 0.1) is 5.82 Å². The molecular formula is C15H13FO4. The number of rotatable bonds is 5. The maximum Gasteiger partial charge on any atom is 0.339 e. The maximum absolute atomic E-state index is 13.6. The van der Waals surface area contributed by atoms with Gasteiger partial charge in [0.1, 0.15) is 18.3 Å². The Labute approximate surface area is 115 Å². The van der Waals surface area contributed by atoms with E-state index >= 15 is 0 Å². The van der Waals surface area contributed by atoms with Crippen molar-refractivity contribution in [3.63, 3.8) is 0 Å². The summed E-state index contributed by atoms with van der Waals surface area (Å²) < 4.78 is 18.7. The van der Waals surface area contributed by atoms with Crippen molar-refractivity contribution in [3.8, 4) is 5.75 Å². The van der Waals surface area contributed by atoms with Gasteiger partial charge >= 0.3 is 5.97 Å². The lowest BCUT2D eigenvalue weighted by Gasteiger charge is -2.14. The molecule has 4 nitrogen and oxygen atoms in total. The summed E-state index contributed by atoms with van der Waals surface area (Å²) in [6, 6.07) is 12.4. The normalized spacial score (nSPS) is 11.9. The fourth-order valence-electron chi connectivity index (χ4n) is 1.76. The molecule has 2 N–H and O–H groups in total. The Kier molecular flexibility index (Phi) is 4.32. The summed E-state index contributed by atoms with van der Waals surface area (Å²) in [4.78, 5) is 11.0. The molecule has 0 amide bonds. The second-order valence-corrected chi connectivity index (χ2v) is 4.16. The summed E-state index contributed by atoms with van der Waals surface area (Å²) in [5.74, 6) is -2.42. The van der Waals surface area contributed by atoms with E-state index in [-0.39, 0.29) is 17.9 Å². The molecule has 0 radical (unpaired) electrons. The highest BCUT2D eigenvalue weighted by Crippen LogP contribution is 2.24. The fourth-order valence-corrected chi connectivity index (χ4v) is 1.76. The van der Waals surface area contributed by atoms with Crippen LogP contribution < -0.4 is 4.74 Å². The summed E-state index contributed by atoms with van der Waals surface area (Å²) in [6.45, 7) is -0.231. The molecule has 2 aromatic rings. The van der Waals surface area contributed by atoms with E-state index in [0.29, 0.717) is 5.56 Å². The SMILES string of the molecule is O=C(O)c1cccc(F)c1OCC(O)c1ccccc1. The minimum Gasteiger partial charge on any atom is -0.487 e. The molecule has 104 valence electrons. The lowest BCUT2D eigenvalue weighted by Crippen LogP contribution is -2.12. The summed E-state index contributed by atoms with van der Waals surface area (Å²) >= 11 is 0. The quantitative estimate of drug-likeness (QED) is 0.881. The highest BCUT2D eigenvalue weighted by atomic mass is 19.1. The van der Waals surface area contributed by atoms with Gasteiger partial charge in [-0.3, -0.25) is 0 Å². The molecule has 2 rings (SSSR count). The van der Waals surface area contributed by atoms with Crippen molar-refractivity contribution >= 4 is 5.97 Å². The first kappa shape index (κ1) is 14.0. The van der Waals surface area contributed by atoms with Gasteiger partial charge in [0.05, 0.1) is 0 Å². The van der Waals surface area contributed by atoms with Crippen LogP contribution >= 0.6 is 0 Å². The summed E-state index contributed by atoms with van der Waals surface area (Å²) in [5, 5.41) is 18.9. The van der Waals surface area contributed by atoms with E-state index in [1.165, 1.54) is 12.1 Å². The molecule has 0 aromatic heterocycles. The third-order valence-electron chi connectivity index (χ3n) is 2.77. The van der Waals surface area contributed by atoms with E-state index in [9.17, 15) is 14.3 Å². The van der Waals surface area contributed by atoms with Crippen LogP contribution in [0.3, 0.4) is 0 Å². The Morgan fingerprint density at radius 3 is 2.50 bits per heavy atom. The highest BCUT2D eigenvalue weighted by Gasteiger charge is 2.17. The van der Waals surface area contributed by atoms with E-state index < -0.39 is 17.9 Å². The molecule has 0 spiro atoms. The van der Waals surface area contributed by atoms with Gasteiger partial charge in [-0.05, 0) is 17.7 Å². The first-order valence-corrected chi connectivity index (χ1v) is 5.97. The van der Waals surface area contributed by atoms with Gasteiger partial charge in [-0.2, -0.15) is 0 Å². The Morgan fingerprint density at radius 2 is 1.85 bits per heavy atom. The van der Waals surface area contributed by atoms with Crippen LogP contribution in [0.25, 0.3) is 0 Å². The average molecular weight is 276 g/mol. The zero-order chi connectivity index (χ0) is 14.5. The number of benzene rings is 2. The molecule has 0 bridgehead atoms. The van der Waals surface area contributed by atoms with Crippen molar-refractivity contribution in [2.45, 2.75) is 6.10 Å². The molecule has 2 aromatic carbocycles. The molecule has 20 heavy (non-hydrogen) atoms. The van der Waals surface area contributed by atoms with Crippen molar-refractivity contribution in [1.82, 2.24) is 0 Å². The molecule has 0 saturated carbocycles. The monoisotopic (exact) mass is 276 g/mol. The predicted octanol–water partition coefficient (Wildman–Crippen LogP) is 2.64. The lowest BCUT2D eigenvalue weighted by molar-refractivity contribution is 0.0680. The number of carbonyl (C=O) groups is 1. The number of para-hydroxylation sites is 1. The maximum atomic E-state index is 13.6. The van der Waals surface area contributed by atoms with Crippen molar-refractivity contribution in [1.29, 1.82) is 0 Å². The van der Waals surface area contributed by atoms with Crippen LogP contribution in [0.4, 0.5) is 4.39 Å². The molecule has 0 aliphatic heterocycles. The summed E-state index contributed by atoms with van der Waals surface area (Å²) in [6.07, 6.45) is -0.961. The summed E-state index contributed by atoms with van der Waals surface area (Å²) in [7, 11) is 0. The molecule has 1 unspecified atom stereocenters. The number of ether oxygens (including phenoxy) is 1. The molecule has 1 atom stereocenters. The van der Waals surface area contributed by atoms with Crippen LogP contribution in [0.1, 0.15) is 22.0 Å². The highest BCUT2D eigenvalue weighted by molar-refractivity contribution is 5.90. The minimum atomic E-state index is -1.28. The number of carboxylic acids is 1. The van der Waals surface area contributed by atoms with Crippen molar-refractivity contribution < 1.29 is 24.1 Å². The molecule has 0 aliphatic rings. The second kappa shape index (κ2) is 6.16. The summed E-state index contributed by atoms with van der Waals surface area (Å²) in [5.41, 5.74) is 0.339.